The maximum Gasteiger partial charge on any atom is 0.258 e. The van der Waals surface area contributed by atoms with Crippen molar-refractivity contribution in [3.05, 3.63) is 0 Å². The summed E-state index contributed by atoms with van der Waals surface area (Å²) in [5.41, 5.74) is 5.07. The van der Waals surface area contributed by atoms with Gasteiger partial charge in [-0.05, 0) is 13.8 Å². The third-order valence-corrected chi connectivity index (χ3v) is 1.87. The van der Waals surface area contributed by atoms with Crippen LogP contribution in [0.3, 0.4) is 0 Å². The zero-order chi connectivity index (χ0) is 10.4. The van der Waals surface area contributed by atoms with Crippen molar-refractivity contribution in [1.29, 1.82) is 0 Å². The first kappa shape index (κ1) is 12.3. The van der Waals surface area contributed by atoms with E-state index in [9.17, 15) is 13.6 Å². The summed E-state index contributed by atoms with van der Waals surface area (Å²) in [6.07, 6.45) is -1.93. The van der Waals surface area contributed by atoms with E-state index in [1.54, 1.807) is 13.8 Å². The van der Waals surface area contributed by atoms with Crippen LogP contribution in [-0.2, 0) is 4.79 Å². The molecule has 1 amide bonds. The van der Waals surface area contributed by atoms with E-state index >= 15 is 0 Å². The lowest BCUT2D eigenvalue weighted by atomic mass is 10.2. The van der Waals surface area contributed by atoms with Gasteiger partial charge in [-0.15, -0.1) is 0 Å². The summed E-state index contributed by atoms with van der Waals surface area (Å²) in [7, 11) is 0. The van der Waals surface area contributed by atoms with Crippen LogP contribution in [0.25, 0.3) is 0 Å². The second-order valence-corrected chi connectivity index (χ2v) is 2.73. The van der Waals surface area contributed by atoms with Gasteiger partial charge in [-0.1, -0.05) is 0 Å². The predicted molar refractivity (Wildman–Crippen MR) is 46.8 cm³/mol. The van der Waals surface area contributed by atoms with E-state index in [2.05, 4.69) is 0 Å². The van der Waals surface area contributed by atoms with Crippen LogP contribution in [0.5, 0.6) is 0 Å². The Hall–Kier alpha value is -0.710. The van der Waals surface area contributed by atoms with Gasteiger partial charge in [0.25, 0.3) is 5.91 Å². The third-order valence-electron chi connectivity index (χ3n) is 1.87. The zero-order valence-corrected chi connectivity index (χ0v) is 7.96. The van der Waals surface area contributed by atoms with Crippen LogP contribution in [0, 0.1) is 0 Å². The van der Waals surface area contributed by atoms with Crippen molar-refractivity contribution < 1.29 is 13.6 Å². The number of amides is 1. The van der Waals surface area contributed by atoms with Crippen LogP contribution in [0.1, 0.15) is 13.8 Å². The second kappa shape index (κ2) is 5.85. The Morgan fingerprint density at radius 2 is 1.92 bits per heavy atom. The van der Waals surface area contributed by atoms with Crippen molar-refractivity contribution in [2.75, 3.05) is 19.8 Å². The number of halogens is 2. The lowest BCUT2D eigenvalue weighted by Gasteiger charge is -2.22. The minimum atomic E-state index is -1.93. The minimum Gasteiger partial charge on any atom is -0.341 e. The number of nitrogens with zero attached hydrogens (tertiary/aromatic N) is 1. The molecule has 0 saturated heterocycles. The van der Waals surface area contributed by atoms with Crippen molar-refractivity contribution in [2.24, 2.45) is 5.73 Å². The van der Waals surface area contributed by atoms with Gasteiger partial charge in [-0.3, -0.25) is 4.79 Å². The van der Waals surface area contributed by atoms with Gasteiger partial charge in [-0.2, -0.15) is 0 Å². The summed E-state index contributed by atoms with van der Waals surface area (Å²) in [5, 5.41) is 0. The smallest absolute Gasteiger partial charge is 0.258 e. The molecule has 0 aromatic carbocycles. The molecule has 0 aliphatic rings. The van der Waals surface area contributed by atoms with Gasteiger partial charge >= 0.3 is 0 Å². The van der Waals surface area contributed by atoms with Crippen LogP contribution in [-0.4, -0.2) is 42.8 Å². The number of nitrogens with two attached hydrogens (primary N) is 1. The summed E-state index contributed by atoms with van der Waals surface area (Å²) in [5.74, 6) is -0.727. The molecule has 3 nitrogen and oxygen atoms in total. The van der Waals surface area contributed by atoms with Crippen molar-refractivity contribution in [2.45, 2.75) is 26.1 Å². The van der Waals surface area contributed by atoms with Gasteiger partial charge in [0, 0.05) is 13.1 Å². The normalized spacial score (nSPS) is 15.2. The Morgan fingerprint density at radius 1 is 1.46 bits per heavy atom. The highest BCUT2D eigenvalue weighted by molar-refractivity contribution is 5.81. The molecule has 0 aliphatic heterocycles. The molecule has 0 aromatic rings. The highest BCUT2D eigenvalue weighted by atomic mass is 19.1. The summed E-state index contributed by atoms with van der Waals surface area (Å²) in [6, 6.07) is -1.34. The van der Waals surface area contributed by atoms with Crippen LogP contribution in [0.2, 0.25) is 0 Å². The molecule has 2 N–H and O–H groups in total. The molecular formula is C8H16F2N2O. The maximum atomic E-state index is 13.1. The quantitative estimate of drug-likeness (QED) is 0.692. The highest BCUT2D eigenvalue weighted by Gasteiger charge is 2.27. The van der Waals surface area contributed by atoms with Gasteiger partial charge in [0.2, 0.25) is 0 Å². The Bertz CT molecular complexity index is 162. The summed E-state index contributed by atoms with van der Waals surface area (Å²) in [4.78, 5) is 12.5. The van der Waals surface area contributed by atoms with Gasteiger partial charge in [0.1, 0.15) is 6.67 Å². The second-order valence-electron chi connectivity index (χ2n) is 2.73. The van der Waals surface area contributed by atoms with Crippen LogP contribution in [0.15, 0.2) is 0 Å². The molecule has 5 heteroatoms. The molecule has 78 valence electrons. The summed E-state index contributed by atoms with van der Waals surface area (Å²) < 4.78 is 25.0. The first-order valence-electron chi connectivity index (χ1n) is 4.32. The number of carbonyl (C=O) groups is 1. The van der Waals surface area contributed by atoms with E-state index < -0.39 is 24.8 Å². The lowest BCUT2D eigenvalue weighted by molar-refractivity contribution is -0.137. The Kier molecular flexibility index (Phi) is 5.53. The van der Waals surface area contributed by atoms with Crippen molar-refractivity contribution in [3.63, 3.8) is 0 Å². The SMILES string of the molecule is CCN(CC)C(=O)C(F)C(N)CF. The summed E-state index contributed by atoms with van der Waals surface area (Å²) in [6.45, 7) is 3.27. The molecule has 0 saturated carbocycles. The van der Waals surface area contributed by atoms with E-state index in [4.69, 9.17) is 5.73 Å². The Labute approximate surface area is 76.9 Å². The third kappa shape index (κ3) is 3.26. The Balaban J connectivity index is 4.22. The molecule has 2 unspecified atom stereocenters. The molecule has 0 fully saturated rings. The molecule has 13 heavy (non-hydrogen) atoms. The summed E-state index contributed by atoms with van der Waals surface area (Å²) >= 11 is 0. The van der Waals surface area contributed by atoms with Crippen LogP contribution >= 0.6 is 0 Å². The number of hydrogen-bond acceptors (Lipinski definition) is 2. The molecule has 0 aromatic heterocycles. The van der Waals surface area contributed by atoms with E-state index in [0.29, 0.717) is 13.1 Å². The highest BCUT2D eigenvalue weighted by Crippen LogP contribution is 2.03. The fourth-order valence-electron chi connectivity index (χ4n) is 0.971. The molecular weight excluding hydrogens is 178 g/mol. The lowest BCUT2D eigenvalue weighted by Crippen LogP contribution is -2.46. The number of rotatable bonds is 5. The van der Waals surface area contributed by atoms with E-state index in [1.165, 1.54) is 4.90 Å². The average Bonchev–Trinajstić information content (AvgIpc) is 2.17. The van der Waals surface area contributed by atoms with Gasteiger partial charge in [0.05, 0.1) is 6.04 Å². The minimum absolute atomic E-state index is 0.411. The van der Waals surface area contributed by atoms with Crippen LogP contribution in [0.4, 0.5) is 8.78 Å². The number of hydrogen-bond donors (Lipinski definition) is 1. The molecule has 0 bridgehead atoms. The van der Waals surface area contributed by atoms with Crippen molar-refractivity contribution in [1.82, 2.24) is 4.90 Å². The molecule has 2 atom stereocenters. The topological polar surface area (TPSA) is 46.3 Å². The van der Waals surface area contributed by atoms with Gasteiger partial charge in [0.15, 0.2) is 6.17 Å². The monoisotopic (exact) mass is 194 g/mol. The molecule has 0 aliphatic carbocycles. The average molecular weight is 194 g/mol. The van der Waals surface area contributed by atoms with Crippen LogP contribution < -0.4 is 5.73 Å². The molecule has 0 spiro atoms. The van der Waals surface area contributed by atoms with E-state index in [1.807, 2.05) is 0 Å². The predicted octanol–water partition coefficient (Wildman–Crippen LogP) is 0.490. The maximum absolute atomic E-state index is 13.1. The fraction of sp³-hybridized carbons (Fsp3) is 0.875. The van der Waals surface area contributed by atoms with Crippen molar-refractivity contribution in [3.8, 4) is 0 Å². The fourth-order valence-corrected chi connectivity index (χ4v) is 0.971. The number of carbonyl (C=O) groups excluding carboxylic acids is 1. The first-order valence-corrected chi connectivity index (χ1v) is 4.32. The standard InChI is InChI=1S/C8H16F2N2O/c1-3-12(4-2)8(13)7(10)6(11)5-9/h6-7H,3-5,11H2,1-2H3. The molecule has 0 heterocycles. The zero-order valence-electron chi connectivity index (χ0n) is 7.96. The molecule has 0 rings (SSSR count). The molecule has 0 radical (unpaired) electrons. The first-order chi connectivity index (χ1) is 6.08. The van der Waals surface area contributed by atoms with Gasteiger partial charge in [-0.25, -0.2) is 8.78 Å². The largest absolute Gasteiger partial charge is 0.341 e. The van der Waals surface area contributed by atoms with E-state index in [0.717, 1.165) is 0 Å². The Morgan fingerprint density at radius 3 is 2.23 bits per heavy atom. The number of alkyl halides is 2. The van der Waals surface area contributed by atoms with Gasteiger partial charge < -0.3 is 10.6 Å². The van der Waals surface area contributed by atoms with E-state index in [-0.39, 0.29) is 0 Å². The van der Waals surface area contributed by atoms with Crippen molar-refractivity contribution >= 4 is 5.91 Å².